The van der Waals surface area contributed by atoms with Crippen molar-refractivity contribution in [3.63, 3.8) is 0 Å². The first-order chi connectivity index (χ1) is 8.90. The molecule has 0 saturated heterocycles. The second-order valence-electron chi connectivity index (χ2n) is 4.40. The van der Waals surface area contributed by atoms with Gasteiger partial charge in [0.15, 0.2) is 0 Å². The Morgan fingerprint density at radius 3 is 2.37 bits per heavy atom. The zero-order valence-electron chi connectivity index (χ0n) is 10.9. The van der Waals surface area contributed by atoms with Gasteiger partial charge in [-0.15, -0.1) is 0 Å². The largest absolute Gasteiger partial charge is 0.437 e. The van der Waals surface area contributed by atoms with E-state index in [9.17, 15) is 0 Å². The van der Waals surface area contributed by atoms with Crippen LogP contribution in [0.5, 0.6) is 11.6 Å². The summed E-state index contributed by atoms with van der Waals surface area (Å²) in [6.45, 7) is 5.98. The van der Waals surface area contributed by atoms with Gasteiger partial charge in [-0.2, -0.15) is 4.98 Å². The first-order valence-electron chi connectivity index (χ1n) is 5.76. The zero-order chi connectivity index (χ0) is 14.2. The highest BCUT2D eigenvalue weighted by atomic mass is 35.5. The molecule has 1 aromatic carbocycles. The standard InChI is InChI=1S/C14H14Cl2N2O/c1-7-4-5-8(2)12(9(7)3)19-14-11(16)6-10(15)13(17)18-14/h4-6H,1-3H3,(H2,17,18). The van der Waals surface area contributed by atoms with Gasteiger partial charge >= 0.3 is 0 Å². The lowest BCUT2D eigenvalue weighted by atomic mass is 10.1. The molecule has 0 bridgehead atoms. The number of pyridine rings is 1. The summed E-state index contributed by atoms with van der Waals surface area (Å²) in [4.78, 5) is 4.07. The van der Waals surface area contributed by atoms with Crippen LogP contribution in [0.1, 0.15) is 16.7 Å². The second kappa shape index (κ2) is 5.27. The highest BCUT2D eigenvalue weighted by Crippen LogP contribution is 2.35. The lowest BCUT2D eigenvalue weighted by Crippen LogP contribution is -1.98. The van der Waals surface area contributed by atoms with Crippen molar-refractivity contribution in [2.75, 3.05) is 5.73 Å². The van der Waals surface area contributed by atoms with E-state index >= 15 is 0 Å². The van der Waals surface area contributed by atoms with Crippen LogP contribution < -0.4 is 10.5 Å². The maximum Gasteiger partial charge on any atom is 0.240 e. The zero-order valence-corrected chi connectivity index (χ0v) is 12.4. The Morgan fingerprint density at radius 2 is 1.68 bits per heavy atom. The van der Waals surface area contributed by atoms with Gasteiger partial charge in [-0.05, 0) is 43.5 Å². The van der Waals surface area contributed by atoms with E-state index in [0.717, 1.165) is 22.4 Å². The Bertz CT molecular complexity index is 642. The van der Waals surface area contributed by atoms with Gasteiger partial charge in [0.1, 0.15) is 16.6 Å². The van der Waals surface area contributed by atoms with Crippen molar-refractivity contribution < 1.29 is 4.74 Å². The number of aromatic nitrogens is 1. The molecule has 2 aromatic rings. The SMILES string of the molecule is Cc1ccc(C)c(Oc2nc(N)c(Cl)cc2Cl)c1C. The minimum absolute atomic E-state index is 0.198. The Hall–Kier alpha value is -1.45. The van der Waals surface area contributed by atoms with Crippen LogP contribution in [0.2, 0.25) is 10.0 Å². The van der Waals surface area contributed by atoms with Crippen molar-refractivity contribution in [2.45, 2.75) is 20.8 Å². The fourth-order valence-electron chi connectivity index (χ4n) is 1.71. The van der Waals surface area contributed by atoms with Gasteiger partial charge in [0.25, 0.3) is 0 Å². The van der Waals surface area contributed by atoms with Crippen LogP contribution in [0.3, 0.4) is 0 Å². The minimum Gasteiger partial charge on any atom is -0.437 e. The van der Waals surface area contributed by atoms with E-state index in [-0.39, 0.29) is 11.7 Å². The maximum atomic E-state index is 6.07. The average molecular weight is 297 g/mol. The van der Waals surface area contributed by atoms with E-state index in [1.165, 1.54) is 6.07 Å². The van der Waals surface area contributed by atoms with Gasteiger partial charge in [0, 0.05) is 0 Å². The van der Waals surface area contributed by atoms with E-state index in [4.69, 9.17) is 33.7 Å². The van der Waals surface area contributed by atoms with E-state index in [2.05, 4.69) is 4.98 Å². The highest BCUT2D eigenvalue weighted by molar-refractivity contribution is 6.36. The molecule has 3 nitrogen and oxygen atoms in total. The summed E-state index contributed by atoms with van der Waals surface area (Å²) >= 11 is 11.9. The topological polar surface area (TPSA) is 48.1 Å². The molecule has 0 unspecified atom stereocenters. The molecule has 0 aliphatic heterocycles. The number of aryl methyl sites for hydroxylation is 2. The van der Waals surface area contributed by atoms with Crippen LogP contribution in [-0.2, 0) is 0 Å². The van der Waals surface area contributed by atoms with Gasteiger partial charge < -0.3 is 10.5 Å². The molecule has 0 atom stereocenters. The molecule has 1 aromatic heterocycles. The average Bonchev–Trinajstić information content (AvgIpc) is 2.36. The van der Waals surface area contributed by atoms with Crippen LogP contribution in [0.25, 0.3) is 0 Å². The quantitative estimate of drug-likeness (QED) is 0.875. The Balaban J connectivity index is 2.48. The summed E-state index contributed by atoms with van der Waals surface area (Å²) in [7, 11) is 0. The van der Waals surface area contributed by atoms with Crippen molar-refractivity contribution in [3.8, 4) is 11.6 Å². The van der Waals surface area contributed by atoms with Crippen molar-refractivity contribution in [2.24, 2.45) is 0 Å². The molecule has 5 heteroatoms. The molecule has 0 aliphatic carbocycles. The van der Waals surface area contributed by atoms with Crippen LogP contribution in [-0.4, -0.2) is 4.98 Å². The van der Waals surface area contributed by atoms with Gasteiger partial charge in [0.05, 0.1) is 5.02 Å². The first kappa shape index (κ1) is 14.0. The fraction of sp³-hybridized carbons (Fsp3) is 0.214. The molecular weight excluding hydrogens is 283 g/mol. The summed E-state index contributed by atoms with van der Waals surface area (Å²) in [5.41, 5.74) is 8.86. The smallest absolute Gasteiger partial charge is 0.240 e. The summed E-state index contributed by atoms with van der Waals surface area (Å²) in [5, 5.41) is 0.648. The van der Waals surface area contributed by atoms with Crippen molar-refractivity contribution in [1.29, 1.82) is 0 Å². The molecular formula is C14H14Cl2N2O. The summed E-state index contributed by atoms with van der Waals surface area (Å²) < 4.78 is 5.81. The Labute approximate surface area is 122 Å². The van der Waals surface area contributed by atoms with E-state index in [0.29, 0.717) is 10.0 Å². The third kappa shape index (κ3) is 2.77. The summed E-state index contributed by atoms with van der Waals surface area (Å²) in [5.74, 6) is 1.21. The predicted octanol–water partition coefficient (Wildman–Crippen LogP) is 4.69. The number of benzene rings is 1. The number of halogens is 2. The normalized spacial score (nSPS) is 10.6. The Kier molecular flexibility index (Phi) is 3.88. The molecule has 1 heterocycles. The molecule has 0 saturated carbocycles. The third-order valence-electron chi connectivity index (χ3n) is 3.00. The van der Waals surface area contributed by atoms with Gasteiger partial charge in [-0.25, -0.2) is 0 Å². The van der Waals surface area contributed by atoms with E-state index < -0.39 is 0 Å². The number of nitrogen functional groups attached to an aromatic ring is 1. The molecule has 0 spiro atoms. The number of rotatable bonds is 2. The molecule has 0 fully saturated rings. The number of nitrogens with zero attached hydrogens (tertiary/aromatic N) is 1. The van der Waals surface area contributed by atoms with E-state index in [1.54, 1.807) is 0 Å². The first-order valence-corrected chi connectivity index (χ1v) is 6.52. The van der Waals surface area contributed by atoms with Crippen LogP contribution in [0, 0.1) is 20.8 Å². The van der Waals surface area contributed by atoms with Crippen molar-refractivity contribution >= 4 is 29.0 Å². The van der Waals surface area contributed by atoms with Gasteiger partial charge in [-0.3, -0.25) is 0 Å². The second-order valence-corrected chi connectivity index (χ2v) is 5.21. The molecule has 0 amide bonds. The lowest BCUT2D eigenvalue weighted by Gasteiger charge is -2.14. The number of hydrogen-bond donors (Lipinski definition) is 1. The maximum absolute atomic E-state index is 6.07. The summed E-state index contributed by atoms with van der Waals surface area (Å²) in [6, 6.07) is 5.56. The van der Waals surface area contributed by atoms with Crippen LogP contribution in [0.15, 0.2) is 18.2 Å². The monoisotopic (exact) mass is 296 g/mol. The van der Waals surface area contributed by atoms with Gasteiger partial charge in [-0.1, -0.05) is 35.3 Å². The lowest BCUT2D eigenvalue weighted by molar-refractivity contribution is 0.456. The number of hydrogen-bond acceptors (Lipinski definition) is 3. The Morgan fingerprint density at radius 1 is 1.05 bits per heavy atom. The van der Waals surface area contributed by atoms with E-state index in [1.807, 2.05) is 32.9 Å². The van der Waals surface area contributed by atoms with Crippen molar-refractivity contribution in [3.05, 3.63) is 44.9 Å². The molecule has 2 rings (SSSR count). The van der Waals surface area contributed by atoms with Crippen LogP contribution >= 0.6 is 23.2 Å². The molecule has 0 radical (unpaired) electrons. The number of anilines is 1. The molecule has 19 heavy (non-hydrogen) atoms. The molecule has 100 valence electrons. The minimum atomic E-state index is 0.198. The third-order valence-corrected chi connectivity index (χ3v) is 3.57. The van der Waals surface area contributed by atoms with Crippen LogP contribution in [0.4, 0.5) is 5.82 Å². The number of ether oxygens (including phenoxy) is 1. The molecule has 0 aliphatic rings. The number of nitrogens with two attached hydrogens (primary N) is 1. The fourth-order valence-corrected chi connectivity index (χ4v) is 2.11. The highest BCUT2D eigenvalue weighted by Gasteiger charge is 2.13. The predicted molar refractivity (Wildman–Crippen MR) is 79.4 cm³/mol. The van der Waals surface area contributed by atoms with Crippen molar-refractivity contribution in [1.82, 2.24) is 4.98 Å². The summed E-state index contributed by atoms with van der Waals surface area (Å²) in [6.07, 6.45) is 0. The van der Waals surface area contributed by atoms with Gasteiger partial charge in [0.2, 0.25) is 5.88 Å². The molecule has 2 N–H and O–H groups in total.